The van der Waals surface area contributed by atoms with E-state index in [0.717, 1.165) is 0 Å². The van der Waals surface area contributed by atoms with Crippen molar-refractivity contribution in [3.63, 3.8) is 0 Å². The largest absolute Gasteiger partial charge is 0.484 e. The Labute approximate surface area is 157 Å². The summed E-state index contributed by atoms with van der Waals surface area (Å²) in [6.07, 6.45) is 0.214. The number of benzene rings is 2. The van der Waals surface area contributed by atoms with E-state index < -0.39 is 0 Å². The average Bonchev–Trinajstić information content (AvgIpc) is 2.74. The van der Waals surface area contributed by atoms with Gasteiger partial charge in [-0.25, -0.2) is 0 Å². The Kier molecular flexibility index (Phi) is 5.40. The van der Waals surface area contributed by atoms with Crippen molar-refractivity contribution in [3.05, 3.63) is 48.5 Å². The molecule has 0 unspecified atom stereocenters. The summed E-state index contributed by atoms with van der Waals surface area (Å²) < 4.78 is 5.60. The number of nitrogens with zero attached hydrogens (tertiary/aromatic N) is 1. The van der Waals surface area contributed by atoms with Gasteiger partial charge in [0.05, 0.1) is 11.4 Å². The highest BCUT2D eigenvalue weighted by Crippen LogP contribution is 2.31. The van der Waals surface area contributed by atoms with E-state index in [0.29, 0.717) is 22.8 Å². The third-order valence-electron chi connectivity index (χ3n) is 4.16. The van der Waals surface area contributed by atoms with E-state index in [9.17, 15) is 14.4 Å². The van der Waals surface area contributed by atoms with E-state index in [-0.39, 0.29) is 36.8 Å². The highest BCUT2D eigenvalue weighted by atomic mass is 16.5. The van der Waals surface area contributed by atoms with Crippen LogP contribution in [0.2, 0.25) is 0 Å². The molecule has 7 nitrogen and oxygen atoms in total. The number of rotatable bonds is 4. The first-order valence-corrected chi connectivity index (χ1v) is 8.65. The molecule has 2 N–H and O–H groups in total. The Morgan fingerprint density at radius 2 is 1.89 bits per heavy atom. The zero-order chi connectivity index (χ0) is 19.4. The molecule has 2 aromatic carbocycles. The molecule has 0 bridgehead atoms. The normalized spacial score (nSPS) is 16.0. The highest BCUT2D eigenvalue weighted by molar-refractivity contribution is 6.04. The molecule has 0 aromatic heterocycles. The molecule has 1 aliphatic rings. The summed E-state index contributed by atoms with van der Waals surface area (Å²) in [5.74, 6) is -0.00431. The number of hydrogen-bond acceptors (Lipinski definition) is 4. The van der Waals surface area contributed by atoms with Crippen LogP contribution in [0.5, 0.6) is 5.75 Å². The summed E-state index contributed by atoms with van der Waals surface area (Å²) in [6, 6.07) is 13.7. The summed E-state index contributed by atoms with van der Waals surface area (Å²) in [5, 5.41) is 5.49. The van der Waals surface area contributed by atoms with Gasteiger partial charge in [0, 0.05) is 25.1 Å². The van der Waals surface area contributed by atoms with Gasteiger partial charge >= 0.3 is 0 Å². The first kappa shape index (κ1) is 18.4. The Morgan fingerprint density at radius 3 is 2.59 bits per heavy atom. The summed E-state index contributed by atoms with van der Waals surface area (Å²) in [5.41, 5.74) is 1.92. The van der Waals surface area contributed by atoms with Crippen molar-refractivity contribution in [1.29, 1.82) is 0 Å². The molecule has 0 spiro atoms. The Hall–Kier alpha value is -3.35. The zero-order valence-electron chi connectivity index (χ0n) is 15.2. The van der Waals surface area contributed by atoms with E-state index >= 15 is 0 Å². The molecule has 3 rings (SSSR count). The van der Waals surface area contributed by atoms with Crippen LogP contribution >= 0.6 is 0 Å². The molecule has 1 atom stereocenters. The molecule has 1 aliphatic heterocycles. The van der Waals surface area contributed by atoms with Gasteiger partial charge in [-0.2, -0.15) is 0 Å². The average molecular weight is 367 g/mol. The first-order valence-electron chi connectivity index (χ1n) is 8.65. The minimum Gasteiger partial charge on any atom is -0.484 e. The molecule has 0 fully saturated rings. The third-order valence-corrected chi connectivity index (χ3v) is 4.16. The number of para-hydroxylation sites is 2. The number of ether oxygens (including phenoxy) is 1. The maximum absolute atomic E-state index is 12.8. The molecule has 140 valence electrons. The molecule has 0 aliphatic carbocycles. The van der Waals surface area contributed by atoms with Gasteiger partial charge in [0.2, 0.25) is 11.8 Å². The predicted octanol–water partition coefficient (Wildman–Crippen LogP) is 2.79. The second-order valence-electron chi connectivity index (χ2n) is 6.38. The van der Waals surface area contributed by atoms with Gasteiger partial charge in [-0.3, -0.25) is 14.4 Å². The summed E-state index contributed by atoms with van der Waals surface area (Å²) >= 11 is 0. The number of nitrogens with one attached hydrogen (secondary N) is 2. The van der Waals surface area contributed by atoms with Crippen LogP contribution in [0.4, 0.5) is 17.1 Å². The van der Waals surface area contributed by atoms with Crippen molar-refractivity contribution in [3.8, 4) is 5.75 Å². The second-order valence-corrected chi connectivity index (χ2v) is 6.38. The Balaban J connectivity index is 1.71. The standard InChI is InChI=1S/C20H21N3O4/c1-13-11-19(25)22-17-5-3-4-6-18(17)23(13)20(26)12-27-16-9-7-15(8-10-16)21-14(2)24/h3-10,13H,11-12H2,1-2H3,(H,21,24)(H,22,25)/t13-/m0/s1. The SMILES string of the molecule is CC(=O)Nc1ccc(OCC(=O)N2c3ccccc3NC(=O)C[C@@H]2C)cc1. The molecular formula is C20H21N3O4. The molecule has 27 heavy (non-hydrogen) atoms. The van der Waals surface area contributed by atoms with E-state index in [1.54, 1.807) is 41.3 Å². The van der Waals surface area contributed by atoms with Crippen molar-refractivity contribution >= 4 is 34.8 Å². The van der Waals surface area contributed by atoms with E-state index in [1.165, 1.54) is 6.92 Å². The van der Waals surface area contributed by atoms with Crippen molar-refractivity contribution in [1.82, 2.24) is 0 Å². The quantitative estimate of drug-likeness (QED) is 0.870. The summed E-state index contributed by atoms with van der Waals surface area (Å²) in [7, 11) is 0. The van der Waals surface area contributed by atoms with Crippen LogP contribution in [-0.4, -0.2) is 30.4 Å². The van der Waals surface area contributed by atoms with Crippen LogP contribution in [0, 0.1) is 0 Å². The van der Waals surface area contributed by atoms with Crippen molar-refractivity contribution in [2.45, 2.75) is 26.3 Å². The molecule has 7 heteroatoms. The molecule has 2 aromatic rings. The number of hydrogen-bond donors (Lipinski definition) is 2. The van der Waals surface area contributed by atoms with Crippen LogP contribution in [0.3, 0.4) is 0 Å². The van der Waals surface area contributed by atoms with Gasteiger partial charge in [0.25, 0.3) is 5.91 Å². The maximum atomic E-state index is 12.8. The fraction of sp³-hybridized carbons (Fsp3) is 0.250. The minimum atomic E-state index is -0.285. The predicted molar refractivity (Wildman–Crippen MR) is 103 cm³/mol. The summed E-state index contributed by atoms with van der Waals surface area (Å²) in [6.45, 7) is 3.11. The highest BCUT2D eigenvalue weighted by Gasteiger charge is 2.29. The van der Waals surface area contributed by atoms with E-state index in [2.05, 4.69) is 10.6 Å². The molecule has 3 amide bonds. The van der Waals surface area contributed by atoms with Crippen molar-refractivity contribution < 1.29 is 19.1 Å². The van der Waals surface area contributed by atoms with Crippen molar-refractivity contribution in [2.24, 2.45) is 0 Å². The lowest BCUT2D eigenvalue weighted by atomic mass is 10.1. The van der Waals surface area contributed by atoms with E-state index in [1.807, 2.05) is 19.1 Å². The lowest BCUT2D eigenvalue weighted by molar-refractivity contribution is -0.121. The van der Waals surface area contributed by atoms with Gasteiger partial charge in [-0.05, 0) is 43.3 Å². The first-order chi connectivity index (χ1) is 12.9. The molecule has 1 heterocycles. The number of fused-ring (bicyclic) bond motifs is 1. The number of carbonyl (C=O) groups excluding carboxylic acids is 3. The van der Waals surface area contributed by atoms with Gasteiger partial charge in [-0.1, -0.05) is 12.1 Å². The topological polar surface area (TPSA) is 87.7 Å². The number of carbonyl (C=O) groups is 3. The van der Waals surface area contributed by atoms with Crippen LogP contribution in [0.1, 0.15) is 20.3 Å². The molecular weight excluding hydrogens is 346 g/mol. The van der Waals surface area contributed by atoms with Gasteiger partial charge in [-0.15, -0.1) is 0 Å². The van der Waals surface area contributed by atoms with Crippen LogP contribution < -0.4 is 20.3 Å². The van der Waals surface area contributed by atoms with Crippen LogP contribution in [0.15, 0.2) is 48.5 Å². The summed E-state index contributed by atoms with van der Waals surface area (Å²) in [4.78, 5) is 37.5. The maximum Gasteiger partial charge on any atom is 0.265 e. The van der Waals surface area contributed by atoms with Crippen LogP contribution in [0.25, 0.3) is 0 Å². The fourth-order valence-electron chi connectivity index (χ4n) is 3.02. The van der Waals surface area contributed by atoms with E-state index in [4.69, 9.17) is 4.74 Å². The third kappa shape index (κ3) is 4.44. The smallest absolute Gasteiger partial charge is 0.265 e. The molecule has 0 radical (unpaired) electrons. The van der Waals surface area contributed by atoms with Crippen molar-refractivity contribution in [2.75, 3.05) is 22.1 Å². The van der Waals surface area contributed by atoms with Crippen LogP contribution in [-0.2, 0) is 14.4 Å². The lowest BCUT2D eigenvalue weighted by Crippen LogP contribution is -2.41. The number of anilines is 3. The molecule has 0 saturated heterocycles. The Morgan fingerprint density at radius 1 is 1.19 bits per heavy atom. The number of amides is 3. The fourth-order valence-corrected chi connectivity index (χ4v) is 3.02. The van der Waals surface area contributed by atoms with Gasteiger partial charge in [0.1, 0.15) is 5.75 Å². The zero-order valence-corrected chi connectivity index (χ0v) is 15.2. The van der Waals surface area contributed by atoms with Gasteiger partial charge < -0.3 is 20.3 Å². The molecule has 0 saturated carbocycles. The minimum absolute atomic E-state index is 0.125. The van der Waals surface area contributed by atoms with Gasteiger partial charge in [0.15, 0.2) is 6.61 Å². The second kappa shape index (κ2) is 7.90. The lowest BCUT2D eigenvalue weighted by Gasteiger charge is -2.27. The Bertz CT molecular complexity index is 864. The monoisotopic (exact) mass is 367 g/mol.